The van der Waals surface area contributed by atoms with Crippen LogP contribution < -0.4 is 5.32 Å². The lowest BCUT2D eigenvalue weighted by Gasteiger charge is -2.22. The number of phenols is 1. The molecule has 1 aromatic heterocycles. The van der Waals surface area contributed by atoms with Gasteiger partial charge in [0.15, 0.2) is 0 Å². The van der Waals surface area contributed by atoms with Crippen LogP contribution in [0.15, 0.2) is 54.6 Å². The number of aromatic nitrogens is 3. The molecule has 3 aromatic carbocycles. The molecule has 0 amide bonds. The van der Waals surface area contributed by atoms with Crippen molar-refractivity contribution in [3.63, 3.8) is 0 Å². The van der Waals surface area contributed by atoms with Gasteiger partial charge in [0.1, 0.15) is 22.5 Å². The van der Waals surface area contributed by atoms with Gasteiger partial charge >= 0.3 is 0 Å². The summed E-state index contributed by atoms with van der Waals surface area (Å²) in [4.78, 5) is 1.51. The molecule has 0 aliphatic carbocycles. The number of nitrogens with zero attached hydrogens (tertiary/aromatic N) is 3. The third-order valence-corrected chi connectivity index (χ3v) is 5.28. The monoisotopic (exact) mass is 416 g/mol. The van der Waals surface area contributed by atoms with Gasteiger partial charge in [-0.2, -0.15) is 0 Å². The summed E-state index contributed by atoms with van der Waals surface area (Å²) in [5, 5.41) is 32.5. The van der Waals surface area contributed by atoms with Gasteiger partial charge in [0, 0.05) is 23.5 Å². The van der Waals surface area contributed by atoms with Crippen LogP contribution in [0.4, 0.5) is 11.4 Å². The Balaban J connectivity index is 1.66. The van der Waals surface area contributed by atoms with E-state index in [1.165, 1.54) is 4.80 Å². The van der Waals surface area contributed by atoms with Crippen molar-refractivity contribution in [2.75, 3.05) is 11.9 Å². The summed E-state index contributed by atoms with van der Waals surface area (Å²) in [7, 11) is 0. The second kappa shape index (κ2) is 8.04. The van der Waals surface area contributed by atoms with Crippen molar-refractivity contribution in [2.24, 2.45) is 0 Å². The summed E-state index contributed by atoms with van der Waals surface area (Å²) in [6.07, 6.45) is 0.651. The Morgan fingerprint density at radius 1 is 0.903 bits per heavy atom. The summed E-state index contributed by atoms with van der Waals surface area (Å²) in [6, 6.07) is 17.7. The maximum Gasteiger partial charge on any atom is 0.146 e. The van der Waals surface area contributed by atoms with E-state index in [9.17, 15) is 5.11 Å². The molecule has 31 heavy (non-hydrogen) atoms. The number of aliphatic hydroxyl groups excluding tert-OH is 1. The Hall–Kier alpha value is -3.38. The van der Waals surface area contributed by atoms with Crippen molar-refractivity contribution in [2.45, 2.75) is 39.5 Å². The number of nitrogens with one attached hydrogen (secondary N) is 1. The highest BCUT2D eigenvalue weighted by atomic mass is 16.3. The molecule has 0 atom stereocenters. The first-order valence-electron chi connectivity index (χ1n) is 10.4. The number of benzene rings is 3. The van der Waals surface area contributed by atoms with Gasteiger partial charge in [0.25, 0.3) is 0 Å². The minimum Gasteiger partial charge on any atom is -0.505 e. The van der Waals surface area contributed by atoms with Crippen LogP contribution in [0.2, 0.25) is 0 Å². The zero-order valence-electron chi connectivity index (χ0n) is 18.3. The summed E-state index contributed by atoms with van der Waals surface area (Å²) in [5.74, 6) is 0.208. The van der Waals surface area contributed by atoms with E-state index in [-0.39, 0.29) is 17.8 Å². The maximum atomic E-state index is 10.9. The first-order valence-corrected chi connectivity index (χ1v) is 10.4. The number of rotatable bonds is 5. The molecule has 6 heteroatoms. The van der Waals surface area contributed by atoms with E-state index in [1.54, 1.807) is 0 Å². The van der Waals surface area contributed by atoms with E-state index in [0.29, 0.717) is 12.1 Å². The highest BCUT2D eigenvalue weighted by molar-refractivity contribution is 5.80. The second-order valence-electron chi connectivity index (χ2n) is 8.92. The maximum absolute atomic E-state index is 10.9. The van der Waals surface area contributed by atoms with Crippen LogP contribution >= 0.6 is 0 Å². The standard InChI is InChI=1S/C25H28N4O2/c1-16-13-20(25(2,3)4)24(31)23(14-16)29-27-21-10-9-19(15-22(21)28-29)26-18-7-5-17(6-8-18)11-12-30/h5-10,13-15,26,30-31H,11-12H2,1-4H3. The summed E-state index contributed by atoms with van der Waals surface area (Å²) in [5.41, 5.74) is 6.75. The number of hydrogen-bond donors (Lipinski definition) is 3. The highest BCUT2D eigenvalue weighted by Crippen LogP contribution is 2.36. The third-order valence-electron chi connectivity index (χ3n) is 5.28. The third kappa shape index (κ3) is 4.39. The number of aliphatic hydroxyl groups is 1. The van der Waals surface area contributed by atoms with Crippen molar-refractivity contribution in [3.05, 3.63) is 71.3 Å². The van der Waals surface area contributed by atoms with Gasteiger partial charge in [-0.1, -0.05) is 39.0 Å². The first kappa shape index (κ1) is 20.9. The van der Waals surface area contributed by atoms with E-state index in [4.69, 9.17) is 5.11 Å². The van der Waals surface area contributed by atoms with Gasteiger partial charge < -0.3 is 15.5 Å². The lowest BCUT2D eigenvalue weighted by molar-refractivity contribution is 0.299. The minimum atomic E-state index is -0.193. The van der Waals surface area contributed by atoms with Gasteiger partial charge in [0.05, 0.1) is 0 Å². The number of aryl methyl sites for hydroxylation is 1. The SMILES string of the molecule is Cc1cc(-n2nc3ccc(Nc4ccc(CCO)cc4)cc3n2)c(O)c(C(C)(C)C)c1. The van der Waals surface area contributed by atoms with Crippen molar-refractivity contribution in [1.82, 2.24) is 15.0 Å². The average molecular weight is 417 g/mol. The number of phenolic OH excluding ortho intramolecular Hbond substituents is 1. The molecule has 6 nitrogen and oxygen atoms in total. The summed E-state index contributed by atoms with van der Waals surface area (Å²) < 4.78 is 0. The molecule has 0 unspecified atom stereocenters. The largest absolute Gasteiger partial charge is 0.505 e. The van der Waals surface area contributed by atoms with E-state index in [1.807, 2.05) is 61.5 Å². The van der Waals surface area contributed by atoms with E-state index in [0.717, 1.165) is 39.1 Å². The number of hydrogen-bond acceptors (Lipinski definition) is 5. The van der Waals surface area contributed by atoms with Crippen molar-refractivity contribution in [1.29, 1.82) is 0 Å². The quantitative estimate of drug-likeness (QED) is 0.426. The molecule has 0 aliphatic rings. The van der Waals surface area contributed by atoms with Crippen LogP contribution in [0.5, 0.6) is 5.75 Å². The Morgan fingerprint density at radius 3 is 2.26 bits per heavy atom. The van der Waals surface area contributed by atoms with Gasteiger partial charge in [-0.25, -0.2) is 0 Å². The Labute approximate surface area is 182 Å². The van der Waals surface area contributed by atoms with E-state index in [2.05, 4.69) is 36.3 Å². The van der Waals surface area contributed by atoms with Crippen LogP contribution in [0.3, 0.4) is 0 Å². The molecule has 0 spiro atoms. The van der Waals surface area contributed by atoms with Gasteiger partial charge in [-0.15, -0.1) is 15.0 Å². The van der Waals surface area contributed by atoms with Crippen LogP contribution in [0.1, 0.15) is 37.5 Å². The van der Waals surface area contributed by atoms with Crippen LogP contribution in [0, 0.1) is 6.92 Å². The molecular formula is C25H28N4O2. The zero-order chi connectivity index (χ0) is 22.2. The molecule has 4 rings (SSSR count). The zero-order valence-corrected chi connectivity index (χ0v) is 18.3. The average Bonchev–Trinajstić information content (AvgIpc) is 3.13. The molecule has 0 bridgehead atoms. The molecule has 4 aromatic rings. The van der Waals surface area contributed by atoms with Crippen molar-refractivity contribution in [3.8, 4) is 11.4 Å². The van der Waals surface area contributed by atoms with Crippen LogP contribution in [-0.2, 0) is 11.8 Å². The predicted octanol–water partition coefficient (Wildman–Crippen LogP) is 5.01. The number of anilines is 2. The number of fused-ring (bicyclic) bond motifs is 1. The Kier molecular flexibility index (Phi) is 5.41. The van der Waals surface area contributed by atoms with E-state index < -0.39 is 0 Å². The smallest absolute Gasteiger partial charge is 0.146 e. The summed E-state index contributed by atoms with van der Waals surface area (Å²) >= 11 is 0. The molecule has 3 N–H and O–H groups in total. The highest BCUT2D eigenvalue weighted by Gasteiger charge is 2.22. The van der Waals surface area contributed by atoms with Crippen molar-refractivity contribution < 1.29 is 10.2 Å². The molecule has 0 saturated carbocycles. The van der Waals surface area contributed by atoms with Crippen molar-refractivity contribution >= 4 is 22.4 Å². The molecule has 1 heterocycles. The molecule has 160 valence electrons. The van der Waals surface area contributed by atoms with Crippen LogP contribution in [-0.4, -0.2) is 31.8 Å². The fraction of sp³-hybridized carbons (Fsp3) is 0.280. The normalized spacial score (nSPS) is 11.8. The fourth-order valence-electron chi connectivity index (χ4n) is 3.63. The fourth-order valence-corrected chi connectivity index (χ4v) is 3.63. The van der Waals surface area contributed by atoms with E-state index >= 15 is 0 Å². The summed E-state index contributed by atoms with van der Waals surface area (Å²) in [6.45, 7) is 8.38. The predicted molar refractivity (Wildman–Crippen MR) is 124 cm³/mol. The second-order valence-corrected chi connectivity index (χ2v) is 8.92. The minimum absolute atomic E-state index is 0.146. The molecular weight excluding hydrogens is 388 g/mol. The topological polar surface area (TPSA) is 83.2 Å². The Morgan fingerprint density at radius 2 is 1.58 bits per heavy atom. The lowest BCUT2D eigenvalue weighted by atomic mass is 9.85. The molecule has 0 aliphatic heterocycles. The molecule has 0 saturated heterocycles. The van der Waals surface area contributed by atoms with Crippen LogP contribution in [0.25, 0.3) is 16.7 Å². The van der Waals surface area contributed by atoms with Gasteiger partial charge in [0.2, 0.25) is 0 Å². The number of aromatic hydroxyl groups is 1. The lowest BCUT2D eigenvalue weighted by Crippen LogP contribution is -2.13. The molecule has 0 radical (unpaired) electrons. The van der Waals surface area contributed by atoms with Gasteiger partial charge in [-0.05, 0) is 66.3 Å². The first-order chi connectivity index (χ1) is 14.7. The Bertz CT molecular complexity index is 1220. The molecule has 0 fully saturated rings. The van der Waals surface area contributed by atoms with Gasteiger partial charge in [-0.3, -0.25) is 0 Å².